The number of hydrogen-bond donors (Lipinski definition) is 2. The normalized spacial score (nSPS) is 21.6. The number of aliphatic hydroxyl groups is 1. The van der Waals surface area contributed by atoms with Crippen LogP contribution in [0.25, 0.3) is 0 Å². The summed E-state index contributed by atoms with van der Waals surface area (Å²) in [6.45, 7) is 0.644. The fourth-order valence-corrected chi connectivity index (χ4v) is 3.78. The van der Waals surface area contributed by atoms with Crippen molar-refractivity contribution >= 4 is 33.0 Å². The van der Waals surface area contributed by atoms with E-state index in [1.807, 2.05) is 17.0 Å². The number of nitrogens with one attached hydrogen (secondary N) is 1. The number of aromatic nitrogens is 1. The van der Waals surface area contributed by atoms with Gasteiger partial charge in [-0.05, 0) is 23.8 Å². The van der Waals surface area contributed by atoms with Crippen molar-refractivity contribution in [3.05, 3.63) is 53.9 Å². The standard InChI is InChI=1S/C18H18N4O4S/c1-27(25,26)20-10-12-2-4-13(5-3-12)22-9-7-18(24)16(23)14-6-8-19-11-15(14)21-17(18)22/h2-6,8,11,20,24H,7,9-10H2,1H3. The molecule has 0 spiro atoms. The topological polar surface area (TPSA) is 112 Å². The van der Waals surface area contributed by atoms with Crippen LogP contribution in [0, 0.1) is 0 Å². The number of rotatable bonds is 4. The fraction of sp³-hybridized carbons (Fsp3) is 0.278. The highest BCUT2D eigenvalue weighted by atomic mass is 32.2. The molecule has 1 aromatic heterocycles. The molecular formula is C18H18N4O4S. The van der Waals surface area contributed by atoms with Crippen molar-refractivity contribution < 1.29 is 18.3 Å². The number of hydrogen-bond acceptors (Lipinski definition) is 7. The van der Waals surface area contributed by atoms with Crippen LogP contribution >= 0.6 is 0 Å². The van der Waals surface area contributed by atoms with Crippen LogP contribution in [0.2, 0.25) is 0 Å². The summed E-state index contributed by atoms with van der Waals surface area (Å²) in [5.74, 6) is -0.0589. The van der Waals surface area contributed by atoms with Crippen LogP contribution in [0.15, 0.2) is 47.7 Å². The first-order valence-electron chi connectivity index (χ1n) is 8.39. The van der Waals surface area contributed by atoms with Gasteiger partial charge in [-0.25, -0.2) is 18.1 Å². The Morgan fingerprint density at radius 3 is 2.70 bits per heavy atom. The van der Waals surface area contributed by atoms with Crippen molar-refractivity contribution in [1.82, 2.24) is 9.71 Å². The summed E-state index contributed by atoms with van der Waals surface area (Å²) in [6.07, 6.45) is 4.38. The number of benzene rings is 1. The zero-order valence-corrected chi connectivity index (χ0v) is 15.4. The van der Waals surface area contributed by atoms with E-state index in [0.29, 0.717) is 23.6 Å². The Bertz CT molecular complexity index is 1050. The molecule has 0 bridgehead atoms. The number of sulfonamides is 1. The lowest BCUT2D eigenvalue weighted by Crippen LogP contribution is -2.48. The summed E-state index contributed by atoms with van der Waals surface area (Å²) in [5, 5.41) is 11.0. The number of fused-ring (bicyclic) bond motifs is 2. The first kappa shape index (κ1) is 17.8. The predicted octanol–water partition coefficient (Wildman–Crippen LogP) is 0.998. The van der Waals surface area contributed by atoms with E-state index in [9.17, 15) is 18.3 Å². The van der Waals surface area contributed by atoms with Gasteiger partial charge in [-0.3, -0.25) is 9.78 Å². The number of carbonyl (C=O) groups excluding carboxylic acids is 1. The summed E-state index contributed by atoms with van der Waals surface area (Å²) in [4.78, 5) is 23.1. The number of carbonyl (C=O) groups is 1. The van der Waals surface area contributed by atoms with Crippen molar-refractivity contribution in [3.63, 3.8) is 0 Å². The maximum Gasteiger partial charge on any atom is 0.209 e. The molecule has 1 aromatic carbocycles. The second kappa shape index (κ2) is 6.22. The molecule has 0 aliphatic carbocycles. The summed E-state index contributed by atoms with van der Waals surface area (Å²) in [5.41, 5.74) is 0.760. The molecule has 1 fully saturated rings. The van der Waals surface area contributed by atoms with E-state index in [1.165, 1.54) is 12.4 Å². The van der Waals surface area contributed by atoms with Crippen LogP contribution in [-0.2, 0) is 16.6 Å². The largest absolute Gasteiger partial charge is 0.374 e. The minimum Gasteiger partial charge on any atom is -0.374 e. The second-order valence-electron chi connectivity index (χ2n) is 6.68. The summed E-state index contributed by atoms with van der Waals surface area (Å²) in [7, 11) is -3.26. The Balaban J connectivity index is 1.64. The molecule has 3 heterocycles. The molecule has 0 saturated carbocycles. The second-order valence-corrected chi connectivity index (χ2v) is 8.51. The van der Waals surface area contributed by atoms with Gasteiger partial charge < -0.3 is 10.0 Å². The quantitative estimate of drug-likeness (QED) is 0.811. The molecule has 0 amide bonds. The molecule has 8 nitrogen and oxygen atoms in total. The van der Waals surface area contributed by atoms with E-state index in [-0.39, 0.29) is 18.7 Å². The minimum absolute atomic E-state index is 0.196. The molecule has 0 radical (unpaired) electrons. The Kier molecular flexibility index (Phi) is 4.10. The van der Waals surface area contributed by atoms with Crippen molar-refractivity contribution in [2.24, 2.45) is 4.99 Å². The lowest BCUT2D eigenvalue weighted by Gasteiger charge is -2.29. The van der Waals surface area contributed by atoms with Gasteiger partial charge >= 0.3 is 0 Å². The molecule has 4 rings (SSSR count). The molecule has 140 valence electrons. The zero-order chi connectivity index (χ0) is 19.2. The molecular weight excluding hydrogens is 368 g/mol. The SMILES string of the molecule is CS(=O)(=O)NCc1ccc(N2CCC3(O)C(=O)c4ccncc4N=C23)cc1. The zero-order valence-electron chi connectivity index (χ0n) is 14.6. The molecule has 2 aromatic rings. The fourth-order valence-electron chi connectivity index (χ4n) is 3.35. The molecule has 9 heteroatoms. The van der Waals surface area contributed by atoms with Gasteiger partial charge in [0.15, 0.2) is 5.60 Å². The van der Waals surface area contributed by atoms with Gasteiger partial charge in [0, 0.05) is 31.4 Å². The van der Waals surface area contributed by atoms with Gasteiger partial charge in [0.05, 0.1) is 23.7 Å². The highest BCUT2D eigenvalue weighted by Crippen LogP contribution is 2.38. The third-order valence-electron chi connectivity index (χ3n) is 4.76. The highest BCUT2D eigenvalue weighted by molar-refractivity contribution is 7.88. The highest BCUT2D eigenvalue weighted by Gasteiger charge is 2.52. The summed E-state index contributed by atoms with van der Waals surface area (Å²) in [6, 6.07) is 8.80. The summed E-state index contributed by atoms with van der Waals surface area (Å²) >= 11 is 0. The maximum atomic E-state index is 12.8. The van der Waals surface area contributed by atoms with Crippen molar-refractivity contribution in [2.75, 3.05) is 17.7 Å². The molecule has 27 heavy (non-hydrogen) atoms. The smallest absolute Gasteiger partial charge is 0.209 e. The van der Waals surface area contributed by atoms with E-state index < -0.39 is 15.6 Å². The first-order valence-corrected chi connectivity index (χ1v) is 10.3. The van der Waals surface area contributed by atoms with E-state index in [2.05, 4.69) is 14.7 Å². The third kappa shape index (κ3) is 3.14. The molecule has 2 aliphatic rings. The maximum absolute atomic E-state index is 12.8. The van der Waals surface area contributed by atoms with Gasteiger partial charge in [0.2, 0.25) is 15.8 Å². The number of ketones is 1. The van der Waals surface area contributed by atoms with Crippen LogP contribution in [-0.4, -0.2) is 48.5 Å². The number of amidine groups is 1. The molecule has 2 aliphatic heterocycles. The first-order chi connectivity index (χ1) is 12.8. The van der Waals surface area contributed by atoms with Gasteiger partial charge in [-0.15, -0.1) is 0 Å². The van der Waals surface area contributed by atoms with E-state index >= 15 is 0 Å². The monoisotopic (exact) mass is 386 g/mol. The molecule has 1 atom stereocenters. The lowest BCUT2D eigenvalue weighted by molar-refractivity contribution is 0.0602. The number of pyridine rings is 1. The molecule has 1 unspecified atom stereocenters. The van der Waals surface area contributed by atoms with Crippen molar-refractivity contribution in [3.8, 4) is 0 Å². The van der Waals surface area contributed by atoms with Gasteiger partial charge in [-0.2, -0.15) is 0 Å². The van der Waals surface area contributed by atoms with Crippen molar-refractivity contribution in [2.45, 2.75) is 18.6 Å². The number of aliphatic imine (C=N–C) groups is 1. The number of nitrogens with zero attached hydrogens (tertiary/aromatic N) is 3. The van der Waals surface area contributed by atoms with Crippen LogP contribution in [0.4, 0.5) is 11.4 Å². The van der Waals surface area contributed by atoms with Crippen LogP contribution < -0.4 is 9.62 Å². The van der Waals surface area contributed by atoms with Crippen LogP contribution in [0.3, 0.4) is 0 Å². The number of anilines is 1. The molecule has 2 N–H and O–H groups in total. The third-order valence-corrected chi connectivity index (χ3v) is 5.42. The Labute approximate surface area is 156 Å². The van der Waals surface area contributed by atoms with E-state index in [0.717, 1.165) is 17.5 Å². The van der Waals surface area contributed by atoms with Gasteiger partial charge in [0.25, 0.3) is 0 Å². The lowest BCUT2D eigenvalue weighted by atomic mass is 9.88. The van der Waals surface area contributed by atoms with Crippen molar-refractivity contribution in [1.29, 1.82) is 0 Å². The Morgan fingerprint density at radius 1 is 1.26 bits per heavy atom. The van der Waals surface area contributed by atoms with Crippen LogP contribution in [0.1, 0.15) is 22.3 Å². The minimum atomic E-state index is -3.26. The average molecular weight is 386 g/mol. The summed E-state index contributed by atoms with van der Waals surface area (Å²) < 4.78 is 24.8. The van der Waals surface area contributed by atoms with E-state index in [1.54, 1.807) is 18.2 Å². The van der Waals surface area contributed by atoms with Gasteiger partial charge in [0.1, 0.15) is 5.84 Å². The number of Topliss-reactive ketones (excluding diaryl/α,β-unsaturated/α-hetero) is 1. The average Bonchev–Trinajstić information content (AvgIpc) is 2.98. The van der Waals surface area contributed by atoms with E-state index in [4.69, 9.17) is 0 Å². The Hall–Kier alpha value is -2.62. The van der Waals surface area contributed by atoms with Gasteiger partial charge in [-0.1, -0.05) is 12.1 Å². The predicted molar refractivity (Wildman–Crippen MR) is 101 cm³/mol. The van der Waals surface area contributed by atoms with Crippen LogP contribution in [0.5, 0.6) is 0 Å². The molecule has 1 saturated heterocycles. The Morgan fingerprint density at radius 2 is 2.00 bits per heavy atom.